The molecule has 1 aromatic carbocycles. The van der Waals surface area contributed by atoms with Crippen molar-refractivity contribution >= 4 is 5.69 Å². The van der Waals surface area contributed by atoms with Gasteiger partial charge in [0.2, 0.25) is 0 Å². The third-order valence-corrected chi connectivity index (χ3v) is 3.04. The summed E-state index contributed by atoms with van der Waals surface area (Å²) in [6.45, 7) is 6.34. The van der Waals surface area contributed by atoms with Gasteiger partial charge >= 0.3 is 0 Å². The molecule has 88 valence electrons. The maximum Gasteiger partial charge on any atom is 0.0725 e. The SMILES string of the molecule is Cc1cc(C)c(-c2cc(NN)ccn2)cc1C. The van der Waals surface area contributed by atoms with E-state index in [0.29, 0.717) is 0 Å². The van der Waals surface area contributed by atoms with Gasteiger partial charge in [0.15, 0.2) is 0 Å². The van der Waals surface area contributed by atoms with Crippen LogP contribution in [0.25, 0.3) is 11.3 Å². The summed E-state index contributed by atoms with van der Waals surface area (Å²) in [5, 5.41) is 0. The molecular weight excluding hydrogens is 210 g/mol. The third-order valence-electron chi connectivity index (χ3n) is 3.04. The maximum absolute atomic E-state index is 5.41. The molecule has 0 spiro atoms. The van der Waals surface area contributed by atoms with Gasteiger partial charge < -0.3 is 5.43 Å². The Kier molecular flexibility index (Phi) is 3.11. The van der Waals surface area contributed by atoms with Crippen LogP contribution in [0.1, 0.15) is 16.7 Å². The summed E-state index contributed by atoms with van der Waals surface area (Å²) in [6, 6.07) is 8.17. The highest BCUT2D eigenvalue weighted by Gasteiger charge is 2.06. The largest absolute Gasteiger partial charge is 0.324 e. The lowest BCUT2D eigenvalue weighted by Gasteiger charge is -2.10. The number of aryl methyl sites for hydroxylation is 3. The van der Waals surface area contributed by atoms with Crippen LogP contribution in [0, 0.1) is 20.8 Å². The maximum atomic E-state index is 5.41. The Hall–Kier alpha value is -1.87. The molecule has 0 radical (unpaired) electrons. The van der Waals surface area contributed by atoms with E-state index in [1.807, 2.05) is 12.1 Å². The zero-order valence-corrected chi connectivity index (χ0v) is 10.4. The van der Waals surface area contributed by atoms with E-state index >= 15 is 0 Å². The van der Waals surface area contributed by atoms with E-state index in [4.69, 9.17) is 5.84 Å². The monoisotopic (exact) mass is 227 g/mol. The number of nitrogens with one attached hydrogen (secondary N) is 1. The average molecular weight is 227 g/mol. The fourth-order valence-corrected chi connectivity index (χ4v) is 1.90. The third kappa shape index (κ3) is 2.29. The van der Waals surface area contributed by atoms with E-state index in [-0.39, 0.29) is 0 Å². The van der Waals surface area contributed by atoms with E-state index in [1.54, 1.807) is 6.20 Å². The average Bonchev–Trinajstić information content (AvgIpc) is 2.34. The fourth-order valence-electron chi connectivity index (χ4n) is 1.90. The van der Waals surface area contributed by atoms with Crippen molar-refractivity contribution in [3.05, 3.63) is 47.2 Å². The lowest BCUT2D eigenvalue weighted by atomic mass is 9.98. The zero-order chi connectivity index (χ0) is 12.4. The summed E-state index contributed by atoms with van der Waals surface area (Å²) in [7, 11) is 0. The Morgan fingerprint density at radius 3 is 2.41 bits per heavy atom. The molecule has 0 saturated heterocycles. The molecular formula is C14H17N3. The summed E-state index contributed by atoms with van der Waals surface area (Å²) < 4.78 is 0. The number of hydrazine groups is 1. The van der Waals surface area contributed by atoms with Crippen molar-refractivity contribution in [3.63, 3.8) is 0 Å². The molecule has 3 heteroatoms. The van der Waals surface area contributed by atoms with Crippen molar-refractivity contribution in [1.29, 1.82) is 0 Å². The summed E-state index contributed by atoms with van der Waals surface area (Å²) in [6.07, 6.45) is 1.76. The molecule has 0 aliphatic heterocycles. The smallest absolute Gasteiger partial charge is 0.0725 e. The number of rotatable bonds is 2. The second kappa shape index (κ2) is 4.55. The van der Waals surface area contributed by atoms with Crippen LogP contribution in [0.2, 0.25) is 0 Å². The lowest BCUT2D eigenvalue weighted by molar-refractivity contribution is 1.25. The normalized spacial score (nSPS) is 10.4. The quantitative estimate of drug-likeness (QED) is 0.612. The molecule has 0 amide bonds. The minimum Gasteiger partial charge on any atom is -0.324 e. The van der Waals surface area contributed by atoms with Gasteiger partial charge in [-0.25, -0.2) is 0 Å². The number of benzene rings is 1. The molecule has 2 rings (SSSR count). The first-order valence-corrected chi connectivity index (χ1v) is 5.62. The standard InChI is InChI=1S/C14H17N3/c1-9-6-11(3)13(7-10(9)2)14-8-12(17-15)4-5-16-14/h4-8H,15H2,1-3H3,(H,16,17). The fraction of sp³-hybridized carbons (Fsp3) is 0.214. The predicted octanol–water partition coefficient (Wildman–Crippen LogP) is 2.96. The molecule has 0 aliphatic rings. The molecule has 0 unspecified atom stereocenters. The Morgan fingerprint density at radius 2 is 1.71 bits per heavy atom. The van der Waals surface area contributed by atoms with Crippen LogP contribution >= 0.6 is 0 Å². The molecule has 3 nitrogen and oxygen atoms in total. The summed E-state index contributed by atoms with van der Waals surface area (Å²) in [4.78, 5) is 4.39. The van der Waals surface area contributed by atoms with Crippen molar-refractivity contribution in [2.24, 2.45) is 5.84 Å². The van der Waals surface area contributed by atoms with Crippen LogP contribution in [0.3, 0.4) is 0 Å². The predicted molar refractivity (Wildman–Crippen MR) is 71.7 cm³/mol. The summed E-state index contributed by atoms with van der Waals surface area (Å²) >= 11 is 0. The number of anilines is 1. The highest BCUT2D eigenvalue weighted by molar-refractivity contribution is 5.68. The number of pyridine rings is 1. The minimum absolute atomic E-state index is 0.868. The van der Waals surface area contributed by atoms with Gasteiger partial charge in [0, 0.05) is 11.8 Å². The van der Waals surface area contributed by atoms with Gasteiger partial charge in [-0.15, -0.1) is 0 Å². The van der Waals surface area contributed by atoms with E-state index < -0.39 is 0 Å². The molecule has 0 fully saturated rings. The van der Waals surface area contributed by atoms with Gasteiger partial charge in [-0.05, 0) is 55.7 Å². The molecule has 2 aromatic rings. The highest BCUT2D eigenvalue weighted by Crippen LogP contribution is 2.26. The Balaban J connectivity index is 2.56. The Labute approximate surface area is 102 Å². The number of nitrogens with two attached hydrogens (primary N) is 1. The van der Waals surface area contributed by atoms with Crippen molar-refractivity contribution in [1.82, 2.24) is 4.98 Å². The second-order valence-electron chi connectivity index (χ2n) is 4.33. The van der Waals surface area contributed by atoms with Crippen molar-refractivity contribution < 1.29 is 0 Å². The minimum atomic E-state index is 0.868. The molecule has 0 atom stereocenters. The van der Waals surface area contributed by atoms with Crippen LogP contribution in [-0.4, -0.2) is 4.98 Å². The van der Waals surface area contributed by atoms with Gasteiger partial charge in [-0.3, -0.25) is 10.8 Å². The van der Waals surface area contributed by atoms with Gasteiger partial charge in [-0.2, -0.15) is 0 Å². The van der Waals surface area contributed by atoms with E-state index in [2.05, 4.69) is 43.3 Å². The van der Waals surface area contributed by atoms with Crippen LogP contribution < -0.4 is 11.3 Å². The number of hydrogen-bond acceptors (Lipinski definition) is 3. The van der Waals surface area contributed by atoms with Crippen molar-refractivity contribution in [3.8, 4) is 11.3 Å². The van der Waals surface area contributed by atoms with Crippen LogP contribution in [0.4, 0.5) is 5.69 Å². The number of hydrogen-bond donors (Lipinski definition) is 2. The number of nitrogens with zero attached hydrogens (tertiary/aromatic N) is 1. The summed E-state index contributed by atoms with van der Waals surface area (Å²) in [5.74, 6) is 5.41. The van der Waals surface area contributed by atoms with Crippen molar-refractivity contribution in [2.75, 3.05) is 5.43 Å². The number of aromatic nitrogens is 1. The molecule has 0 saturated carbocycles. The zero-order valence-electron chi connectivity index (χ0n) is 10.4. The molecule has 1 heterocycles. The second-order valence-corrected chi connectivity index (χ2v) is 4.33. The van der Waals surface area contributed by atoms with Gasteiger partial charge in [-0.1, -0.05) is 6.07 Å². The molecule has 1 aromatic heterocycles. The highest BCUT2D eigenvalue weighted by atomic mass is 15.2. The van der Waals surface area contributed by atoms with Crippen molar-refractivity contribution in [2.45, 2.75) is 20.8 Å². The van der Waals surface area contributed by atoms with Gasteiger partial charge in [0.25, 0.3) is 0 Å². The molecule has 17 heavy (non-hydrogen) atoms. The lowest BCUT2D eigenvalue weighted by Crippen LogP contribution is -2.06. The molecule has 0 aliphatic carbocycles. The first kappa shape index (κ1) is 11.6. The van der Waals surface area contributed by atoms with E-state index in [0.717, 1.165) is 16.9 Å². The molecule has 0 bridgehead atoms. The van der Waals surface area contributed by atoms with E-state index in [9.17, 15) is 0 Å². The summed E-state index contributed by atoms with van der Waals surface area (Å²) in [5.41, 5.74) is 9.43. The number of nitrogen functional groups attached to an aromatic ring is 1. The molecule has 3 N–H and O–H groups in total. The Bertz CT molecular complexity index is 547. The topological polar surface area (TPSA) is 50.9 Å². The van der Waals surface area contributed by atoms with Gasteiger partial charge in [0.1, 0.15) is 0 Å². The Morgan fingerprint density at radius 1 is 1.00 bits per heavy atom. The van der Waals surface area contributed by atoms with Crippen LogP contribution in [0.5, 0.6) is 0 Å². The van der Waals surface area contributed by atoms with Crippen LogP contribution in [0.15, 0.2) is 30.5 Å². The van der Waals surface area contributed by atoms with Gasteiger partial charge in [0.05, 0.1) is 11.4 Å². The first-order valence-electron chi connectivity index (χ1n) is 5.62. The van der Waals surface area contributed by atoms with E-state index in [1.165, 1.54) is 16.7 Å². The van der Waals surface area contributed by atoms with Crippen LogP contribution in [-0.2, 0) is 0 Å². The first-order chi connectivity index (χ1) is 8.11.